The van der Waals surface area contributed by atoms with Crippen LogP contribution in [0.2, 0.25) is 0 Å². The predicted molar refractivity (Wildman–Crippen MR) is 48.8 cm³/mol. The molecule has 0 bridgehead atoms. The number of carboxylic acid groups (broad SMARTS) is 1. The largest absolute Gasteiger partial charge is 1.00 e. The van der Waals surface area contributed by atoms with Gasteiger partial charge in [0.25, 0.3) is 10.1 Å². The Morgan fingerprint density at radius 3 is 2.13 bits per heavy atom. The number of rotatable bonds is 5. The molecule has 82 valence electrons. The van der Waals surface area contributed by atoms with Crippen LogP contribution in [0.4, 0.5) is 0 Å². The van der Waals surface area contributed by atoms with Gasteiger partial charge in [0.05, 0.1) is 10.9 Å². The fourth-order valence-electron chi connectivity index (χ4n) is 0.961. The van der Waals surface area contributed by atoms with Gasteiger partial charge >= 0.3 is 51.4 Å². The third kappa shape index (κ3) is 6.83. The summed E-state index contributed by atoms with van der Waals surface area (Å²) in [5.74, 6) is -1.58. The Balaban J connectivity index is 0. The molecule has 0 aromatic rings. The minimum Gasteiger partial charge on any atom is -0.545 e. The first-order valence-corrected chi connectivity index (χ1v) is 5.63. The smallest absolute Gasteiger partial charge is 0.545 e. The maximum absolute atomic E-state index is 10.8. The van der Waals surface area contributed by atoms with Crippen molar-refractivity contribution in [3.63, 3.8) is 0 Å². The minimum atomic E-state index is -4.42. The minimum absolute atomic E-state index is 0. The van der Waals surface area contributed by atoms with E-state index >= 15 is 0 Å². The molecule has 0 aromatic carbocycles. The van der Waals surface area contributed by atoms with Gasteiger partial charge in [0.15, 0.2) is 0 Å². The number of hydrogen-bond donors (Lipinski definition) is 1. The van der Waals surface area contributed by atoms with E-state index in [0.717, 1.165) is 6.92 Å². The van der Waals surface area contributed by atoms with Gasteiger partial charge in [-0.1, -0.05) is 13.3 Å². The standard InChI is InChI=1S/C8H14O5S.K/c1-3-4-5-7(14(11,12)13)6(2)8(9)10;/h3-5H2,1-2H3,(H,9,10)(H,11,12,13);/q;+1/p-1/b7-6+;. The zero-order valence-corrected chi connectivity index (χ0v) is 13.0. The van der Waals surface area contributed by atoms with Gasteiger partial charge in [0.1, 0.15) is 0 Å². The third-order valence-corrected chi connectivity index (χ3v) is 2.93. The van der Waals surface area contributed by atoms with Crippen LogP contribution in [0.15, 0.2) is 10.5 Å². The number of unbranched alkanes of at least 4 members (excludes halogenated alkanes) is 1. The van der Waals surface area contributed by atoms with Crippen molar-refractivity contribution in [2.75, 3.05) is 0 Å². The van der Waals surface area contributed by atoms with E-state index in [9.17, 15) is 18.3 Å². The second kappa shape index (κ2) is 7.94. The van der Waals surface area contributed by atoms with Gasteiger partial charge < -0.3 is 9.90 Å². The topological polar surface area (TPSA) is 94.5 Å². The Hall–Kier alpha value is 0.756. The van der Waals surface area contributed by atoms with Gasteiger partial charge in [0, 0.05) is 0 Å². The van der Waals surface area contributed by atoms with Crippen molar-refractivity contribution in [3.05, 3.63) is 10.5 Å². The summed E-state index contributed by atoms with van der Waals surface area (Å²) in [5, 5.41) is 10.4. The molecule has 0 amide bonds. The first-order valence-electron chi connectivity index (χ1n) is 4.19. The molecule has 0 aliphatic rings. The Kier molecular flexibility index (Phi) is 9.59. The molecule has 0 aliphatic carbocycles. The molecular weight excluding hydrogens is 247 g/mol. The van der Waals surface area contributed by atoms with Crippen molar-refractivity contribution >= 4 is 16.1 Å². The number of allylic oxidation sites excluding steroid dienone is 1. The summed E-state index contributed by atoms with van der Waals surface area (Å²) in [5.41, 5.74) is -0.430. The molecular formula is C8H13KO5S. The van der Waals surface area contributed by atoms with E-state index in [1.165, 1.54) is 0 Å². The zero-order chi connectivity index (χ0) is 11.4. The van der Waals surface area contributed by atoms with Crippen molar-refractivity contribution in [3.8, 4) is 0 Å². The Labute approximate surface area is 132 Å². The van der Waals surface area contributed by atoms with Crippen LogP contribution in [-0.2, 0) is 14.9 Å². The number of carbonyl (C=O) groups excluding carboxylic acids is 1. The van der Waals surface area contributed by atoms with Crippen molar-refractivity contribution in [2.45, 2.75) is 33.1 Å². The van der Waals surface area contributed by atoms with Gasteiger partial charge in [-0.3, -0.25) is 4.55 Å². The van der Waals surface area contributed by atoms with Crippen LogP contribution < -0.4 is 56.5 Å². The average molecular weight is 260 g/mol. The molecule has 0 aliphatic heterocycles. The molecule has 0 unspecified atom stereocenters. The fraction of sp³-hybridized carbons (Fsp3) is 0.625. The first kappa shape index (κ1) is 18.1. The molecule has 7 heteroatoms. The molecule has 0 fully saturated rings. The van der Waals surface area contributed by atoms with Crippen LogP contribution in [-0.4, -0.2) is 18.9 Å². The molecule has 0 radical (unpaired) electrons. The summed E-state index contributed by atoms with van der Waals surface area (Å²) in [6.07, 6.45) is 1.23. The van der Waals surface area contributed by atoms with Gasteiger partial charge in [0.2, 0.25) is 0 Å². The van der Waals surface area contributed by atoms with E-state index in [4.69, 9.17) is 4.55 Å². The summed E-state index contributed by atoms with van der Waals surface area (Å²) >= 11 is 0. The molecule has 5 nitrogen and oxygen atoms in total. The summed E-state index contributed by atoms with van der Waals surface area (Å²) in [7, 11) is -4.42. The maximum atomic E-state index is 10.8. The molecule has 0 aromatic heterocycles. The molecule has 0 saturated carbocycles. The molecule has 0 rings (SSSR count). The predicted octanol–water partition coefficient (Wildman–Crippen LogP) is -2.91. The van der Waals surface area contributed by atoms with Gasteiger partial charge in [-0.2, -0.15) is 8.42 Å². The quantitative estimate of drug-likeness (QED) is 0.325. The first-order chi connectivity index (χ1) is 6.30. The van der Waals surface area contributed by atoms with Gasteiger partial charge in [-0.05, 0) is 25.3 Å². The molecule has 0 atom stereocenters. The van der Waals surface area contributed by atoms with Gasteiger partial charge in [-0.25, -0.2) is 0 Å². The molecule has 15 heavy (non-hydrogen) atoms. The second-order valence-corrected chi connectivity index (χ2v) is 4.36. The van der Waals surface area contributed by atoms with Crippen LogP contribution in [0, 0.1) is 0 Å². The number of aliphatic carboxylic acids is 1. The SMILES string of the molecule is CCCC/C(=C(/C)C(=O)[O-])S(=O)(=O)O.[K+]. The van der Waals surface area contributed by atoms with Crippen molar-refractivity contribution < 1.29 is 74.3 Å². The number of carbonyl (C=O) groups is 1. The average Bonchev–Trinajstić information content (AvgIpc) is 2.02. The Morgan fingerprint density at radius 2 is 1.87 bits per heavy atom. The van der Waals surface area contributed by atoms with Crippen LogP contribution >= 0.6 is 0 Å². The molecule has 0 heterocycles. The summed E-state index contributed by atoms with van der Waals surface area (Å²) in [6, 6.07) is 0. The van der Waals surface area contributed by atoms with Crippen molar-refractivity contribution in [2.24, 2.45) is 0 Å². The monoisotopic (exact) mass is 260 g/mol. The number of hydrogen-bond acceptors (Lipinski definition) is 4. The number of carboxylic acids is 1. The van der Waals surface area contributed by atoms with Crippen LogP contribution in [0.3, 0.4) is 0 Å². The van der Waals surface area contributed by atoms with E-state index in [0.29, 0.717) is 12.8 Å². The molecule has 1 N–H and O–H groups in total. The third-order valence-electron chi connectivity index (χ3n) is 1.79. The molecule has 0 saturated heterocycles. The normalized spacial score (nSPS) is 12.7. The summed E-state index contributed by atoms with van der Waals surface area (Å²) < 4.78 is 30.3. The van der Waals surface area contributed by atoms with E-state index in [1.54, 1.807) is 0 Å². The van der Waals surface area contributed by atoms with E-state index in [2.05, 4.69) is 0 Å². The van der Waals surface area contributed by atoms with Crippen molar-refractivity contribution in [1.29, 1.82) is 0 Å². The molecule has 0 spiro atoms. The Morgan fingerprint density at radius 1 is 1.40 bits per heavy atom. The zero-order valence-electron chi connectivity index (χ0n) is 9.11. The maximum Gasteiger partial charge on any atom is 1.00 e. The van der Waals surface area contributed by atoms with E-state index in [-0.39, 0.29) is 57.8 Å². The van der Waals surface area contributed by atoms with Crippen LogP contribution in [0.5, 0.6) is 0 Å². The summed E-state index contributed by atoms with van der Waals surface area (Å²) in [4.78, 5) is 9.95. The Bertz CT molecular complexity index is 344. The second-order valence-electron chi connectivity index (χ2n) is 2.91. The van der Waals surface area contributed by atoms with E-state index < -0.39 is 26.6 Å². The summed E-state index contributed by atoms with van der Waals surface area (Å²) in [6.45, 7) is 2.93. The fourth-order valence-corrected chi connectivity index (χ4v) is 1.83. The van der Waals surface area contributed by atoms with Crippen LogP contribution in [0.25, 0.3) is 0 Å². The van der Waals surface area contributed by atoms with E-state index in [1.807, 2.05) is 6.92 Å². The van der Waals surface area contributed by atoms with Crippen molar-refractivity contribution in [1.82, 2.24) is 0 Å². The van der Waals surface area contributed by atoms with Gasteiger partial charge in [-0.15, -0.1) is 0 Å². The van der Waals surface area contributed by atoms with Crippen LogP contribution in [0.1, 0.15) is 33.1 Å².